The van der Waals surface area contributed by atoms with Crippen molar-refractivity contribution in [1.29, 1.82) is 0 Å². The maximum absolute atomic E-state index is 13.5. The number of amides is 1. The molecule has 0 aromatic heterocycles. The minimum atomic E-state index is 0.178. The monoisotopic (exact) mass is 366 g/mol. The highest BCUT2D eigenvalue weighted by atomic mass is 16.2. The van der Waals surface area contributed by atoms with Gasteiger partial charge < -0.3 is 9.80 Å². The fourth-order valence-electron chi connectivity index (χ4n) is 5.06. The molecule has 1 aromatic rings. The zero-order valence-electron chi connectivity index (χ0n) is 16.6. The fourth-order valence-corrected chi connectivity index (χ4v) is 5.06. The lowest BCUT2D eigenvalue weighted by Crippen LogP contribution is -2.44. The molecule has 1 heterocycles. The zero-order valence-corrected chi connectivity index (χ0v) is 16.6. The van der Waals surface area contributed by atoms with Crippen molar-refractivity contribution in [2.45, 2.75) is 51.4 Å². The molecular weight excluding hydrogens is 332 g/mol. The molecule has 146 valence electrons. The molecule has 0 radical (unpaired) electrons. The van der Waals surface area contributed by atoms with Crippen molar-refractivity contribution in [3.05, 3.63) is 47.5 Å². The number of benzene rings is 1. The Kier molecular flexibility index (Phi) is 6.28. The fraction of sp³-hybridized carbons (Fsp3) is 0.625. The second-order valence-electron chi connectivity index (χ2n) is 8.69. The summed E-state index contributed by atoms with van der Waals surface area (Å²) in [6, 6.07) is 8.69. The van der Waals surface area contributed by atoms with Gasteiger partial charge in [-0.05, 0) is 81.5 Å². The summed E-state index contributed by atoms with van der Waals surface area (Å²) in [7, 11) is 0. The van der Waals surface area contributed by atoms with E-state index in [9.17, 15) is 4.79 Å². The van der Waals surface area contributed by atoms with Crippen molar-refractivity contribution in [3.8, 4) is 0 Å². The van der Waals surface area contributed by atoms with Gasteiger partial charge in [-0.2, -0.15) is 0 Å². The van der Waals surface area contributed by atoms with E-state index in [-0.39, 0.29) is 5.92 Å². The van der Waals surface area contributed by atoms with Crippen LogP contribution in [0.25, 0.3) is 0 Å². The lowest BCUT2D eigenvalue weighted by molar-refractivity contribution is -0.136. The highest BCUT2D eigenvalue weighted by molar-refractivity contribution is 5.79. The van der Waals surface area contributed by atoms with Crippen LogP contribution in [0.4, 0.5) is 0 Å². The van der Waals surface area contributed by atoms with E-state index in [0.29, 0.717) is 11.8 Å². The summed E-state index contributed by atoms with van der Waals surface area (Å²) in [6.45, 7) is 5.35. The van der Waals surface area contributed by atoms with Crippen molar-refractivity contribution >= 4 is 5.91 Å². The van der Waals surface area contributed by atoms with Crippen molar-refractivity contribution in [3.63, 3.8) is 0 Å². The van der Waals surface area contributed by atoms with Crippen LogP contribution in [0.3, 0.4) is 0 Å². The van der Waals surface area contributed by atoms with Gasteiger partial charge in [-0.3, -0.25) is 4.79 Å². The highest BCUT2D eigenvalue weighted by Crippen LogP contribution is 2.28. The summed E-state index contributed by atoms with van der Waals surface area (Å²) in [6.07, 6.45) is 13.8. The average Bonchev–Trinajstić information content (AvgIpc) is 3.24. The van der Waals surface area contributed by atoms with Gasteiger partial charge in [0.2, 0.25) is 5.91 Å². The summed E-state index contributed by atoms with van der Waals surface area (Å²) in [5.41, 5.74) is 2.84. The summed E-state index contributed by atoms with van der Waals surface area (Å²) in [5.74, 6) is 1.24. The standard InChI is InChI=1S/C24H34N2O/c27-24(23-13-12-21-10-4-5-11-22(21)18-23)26(17-16-25-14-6-7-15-25)19-20-8-2-1-3-9-20/h1-2,4-5,10-11,20,23H,3,6-9,12-19H2/t20-,23+/m1/s1. The minimum absolute atomic E-state index is 0.178. The normalized spacial score (nSPS) is 25.3. The number of likely N-dealkylation sites (tertiary alicyclic amines) is 1. The van der Waals surface area contributed by atoms with E-state index < -0.39 is 0 Å². The van der Waals surface area contributed by atoms with E-state index in [1.54, 1.807) is 0 Å². The Labute approximate surface area is 164 Å². The molecule has 2 atom stereocenters. The van der Waals surface area contributed by atoms with Crippen LogP contribution in [0.1, 0.15) is 49.7 Å². The summed E-state index contributed by atoms with van der Waals surface area (Å²) in [4.78, 5) is 18.3. The second-order valence-corrected chi connectivity index (χ2v) is 8.69. The van der Waals surface area contributed by atoms with Crippen LogP contribution in [0, 0.1) is 11.8 Å². The second kappa shape index (κ2) is 9.05. The number of carbonyl (C=O) groups excluding carboxylic acids is 1. The third-order valence-electron chi connectivity index (χ3n) is 6.75. The molecule has 1 amide bonds. The van der Waals surface area contributed by atoms with Crippen molar-refractivity contribution in [2.24, 2.45) is 11.8 Å². The molecule has 4 rings (SSSR count). The third kappa shape index (κ3) is 4.82. The molecule has 2 aliphatic carbocycles. The van der Waals surface area contributed by atoms with E-state index in [4.69, 9.17) is 0 Å². The van der Waals surface area contributed by atoms with Gasteiger partial charge in [0.15, 0.2) is 0 Å². The molecule has 0 unspecified atom stereocenters. The third-order valence-corrected chi connectivity index (χ3v) is 6.75. The van der Waals surface area contributed by atoms with Crippen LogP contribution in [0.2, 0.25) is 0 Å². The molecule has 3 nitrogen and oxygen atoms in total. The Bertz CT molecular complexity index is 662. The van der Waals surface area contributed by atoms with Crippen LogP contribution < -0.4 is 0 Å². The van der Waals surface area contributed by atoms with Crippen LogP contribution in [-0.4, -0.2) is 48.4 Å². The first-order valence-corrected chi connectivity index (χ1v) is 11.0. The SMILES string of the molecule is O=C([C@H]1CCc2ccccc2C1)N(CCN1CCCC1)C[C@@H]1CC=CCC1. The Morgan fingerprint density at radius 2 is 1.89 bits per heavy atom. The molecule has 27 heavy (non-hydrogen) atoms. The lowest BCUT2D eigenvalue weighted by atomic mass is 9.83. The number of aryl methyl sites for hydroxylation is 1. The van der Waals surface area contributed by atoms with Gasteiger partial charge in [-0.25, -0.2) is 0 Å². The first-order valence-electron chi connectivity index (χ1n) is 11.0. The molecular formula is C24H34N2O. The number of rotatable bonds is 6. The molecule has 0 saturated carbocycles. The van der Waals surface area contributed by atoms with E-state index in [0.717, 1.165) is 45.3 Å². The van der Waals surface area contributed by atoms with Gasteiger partial charge in [-0.15, -0.1) is 0 Å². The molecule has 1 fully saturated rings. The first kappa shape index (κ1) is 18.7. The van der Waals surface area contributed by atoms with Crippen molar-refractivity contribution in [1.82, 2.24) is 9.80 Å². The lowest BCUT2D eigenvalue weighted by Gasteiger charge is -2.34. The van der Waals surface area contributed by atoms with Gasteiger partial charge in [-0.1, -0.05) is 36.4 Å². The number of carbonyl (C=O) groups is 1. The van der Waals surface area contributed by atoms with Crippen LogP contribution >= 0.6 is 0 Å². The first-order chi connectivity index (χ1) is 13.3. The Hall–Kier alpha value is -1.61. The largest absolute Gasteiger partial charge is 0.341 e. The summed E-state index contributed by atoms with van der Waals surface area (Å²) in [5, 5.41) is 0. The van der Waals surface area contributed by atoms with Gasteiger partial charge in [0.1, 0.15) is 0 Å². The Morgan fingerprint density at radius 3 is 2.67 bits per heavy atom. The topological polar surface area (TPSA) is 23.6 Å². The maximum Gasteiger partial charge on any atom is 0.226 e. The minimum Gasteiger partial charge on any atom is -0.341 e. The number of allylic oxidation sites excluding steroid dienone is 2. The molecule has 3 heteroatoms. The quantitative estimate of drug-likeness (QED) is 0.709. The number of hydrogen-bond acceptors (Lipinski definition) is 2. The average molecular weight is 367 g/mol. The predicted octanol–water partition coefficient (Wildman–Crippen LogP) is 4.07. The Balaban J connectivity index is 1.41. The van der Waals surface area contributed by atoms with E-state index in [2.05, 4.69) is 46.2 Å². The number of nitrogens with zero attached hydrogens (tertiary/aromatic N) is 2. The van der Waals surface area contributed by atoms with E-state index in [1.165, 1.54) is 49.9 Å². The van der Waals surface area contributed by atoms with Crippen LogP contribution in [0.5, 0.6) is 0 Å². The molecule has 0 N–H and O–H groups in total. The number of hydrogen-bond donors (Lipinski definition) is 0. The summed E-state index contributed by atoms with van der Waals surface area (Å²) >= 11 is 0. The van der Waals surface area contributed by atoms with Crippen LogP contribution in [0.15, 0.2) is 36.4 Å². The molecule has 0 spiro atoms. The summed E-state index contributed by atoms with van der Waals surface area (Å²) < 4.78 is 0. The van der Waals surface area contributed by atoms with Crippen molar-refractivity contribution in [2.75, 3.05) is 32.7 Å². The van der Waals surface area contributed by atoms with E-state index >= 15 is 0 Å². The van der Waals surface area contributed by atoms with Gasteiger partial charge in [0.25, 0.3) is 0 Å². The predicted molar refractivity (Wildman–Crippen MR) is 111 cm³/mol. The smallest absolute Gasteiger partial charge is 0.226 e. The molecule has 1 saturated heterocycles. The van der Waals surface area contributed by atoms with Gasteiger partial charge in [0, 0.05) is 25.6 Å². The molecule has 0 bridgehead atoms. The van der Waals surface area contributed by atoms with E-state index in [1.807, 2.05) is 0 Å². The maximum atomic E-state index is 13.5. The molecule has 1 aromatic carbocycles. The zero-order chi connectivity index (χ0) is 18.5. The molecule has 3 aliphatic rings. The van der Waals surface area contributed by atoms with Gasteiger partial charge >= 0.3 is 0 Å². The van der Waals surface area contributed by atoms with Gasteiger partial charge in [0.05, 0.1) is 0 Å². The molecule has 1 aliphatic heterocycles. The van der Waals surface area contributed by atoms with Crippen molar-refractivity contribution < 1.29 is 4.79 Å². The van der Waals surface area contributed by atoms with Crippen LogP contribution in [-0.2, 0) is 17.6 Å². The number of fused-ring (bicyclic) bond motifs is 1. The highest BCUT2D eigenvalue weighted by Gasteiger charge is 2.30. The Morgan fingerprint density at radius 1 is 1.07 bits per heavy atom.